The molecule has 17 heavy (non-hydrogen) atoms. The maximum absolute atomic E-state index is 11.1. The van der Waals surface area contributed by atoms with E-state index in [1.807, 2.05) is 42.5 Å². The Morgan fingerprint density at radius 1 is 1.35 bits per heavy atom. The molecule has 1 aromatic heterocycles. The van der Waals surface area contributed by atoms with Gasteiger partial charge >= 0.3 is 0 Å². The molecule has 0 aliphatic carbocycles. The predicted octanol–water partition coefficient (Wildman–Crippen LogP) is 2.80. The van der Waals surface area contributed by atoms with Gasteiger partial charge in [0.15, 0.2) is 5.78 Å². The Morgan fingerprint density at radius 3 is 2.76 bits per heavy atom. The van der Waals surface area contributed by atoms with E-state index in [9.17, 15) is 4.79 Å². The van der Waals surface area contributed by atoms with Crippen LogP contribution in [0.5, 0.6) is 0 Å². The van der Waals surface area contributed by atoms with Crippen molar-refractivity contribution in [1.29, 1.82) is 0 Å². The van der Waals surface area contributed by atoms with Gasteiger partial charge in [-0.3, -0.25) is 9.48 Å². The highest BCUT2D eigenvalue weighted by molar-refractivity contribution is 5.93. The molecule has 0 aliphatic rings. The number of aromatic nitrogens is 2. The highest BCUT2D eigenvalue weighted by atomic mass is 16.1. The number of hydrogen-bond donors (Lipinski definition) is 0. The molecule has 0 atom stereocenters. The summed E-state index contributed by atoms with van der Waals surface area (Å²) in [6, 6.07) is 10.1. The molecule has 0 radical (unpaired) electrons. The van der Waals surface area contributed by atoms with Gasteiger partial charge in [0.1, 0.15) is 0 Å². The highest BCUT2D eigenvalue weighted by Gasteiger charge is 2.01. The Bertz CT molecular complexity index is 526. The number of Topliss-reactive ketones (excluding diaryl/α,β-unsaturated/α-hetero) is 1. The molecule has 2 aromatic rings. The summed E-state index contributed by atoms with van der Waals surface area (Å²) in [6.45, 7) is 2.21. The minimum absolute atomic E-state index is 0.0447. The van der Waals surface area contributed by atoms with Gasteiger partial charge in [0.25, 0.3) is 0 Å². The van der Waals surface area contributed by atoms with Crippen LogP contribution in [0.25, 0.3) is 6.08 Å². The second-order valence-electron chi connectivity index (χ2n) is 3.82. The Morgan fingerprint density at radius 2 is 2.12 bits per heavy atom. The zero-order valence-electron chi connectivity index (χ0n) is 9.71. The van der Waals surface area contributed by atoms with Gasteiger partial charge in [0, 0.05) is 6.20 Å². The van der Waals surface area contributed by atoms with Gasteiger partial charge in [-0.1, -0.05) is 42.5 Å². The van der Waals surface area contributed by atoms with Crippen LogP contribution < -0.4 is 0 Å². The summed E-state index contributed by atoms with van der Waals surface area (Å²) < 4.78 is 1.75. The lowest BCUT2D eigenvalue weighted by Gasteiger charge is -1.94. The van der Waals surface area contributed by atoms with Crippen LogP contribution >= 0.6 is 0 Å². The van der Waals surface area contributed by atoms with Crippen molar-refractivity contribution in [2.24, 2.45) is 0 Å². The summed E-state index contributed by atoms with van der Waals surface area (Å²) in [5, 5.41) is 4.11. The summed E-state index contributed by atoms with van der Waals surface area (Å²) in [4.78, 5) is 11.1. The maximum Gasteiger partial charge on any atom is 0.162 e. The summed E-state index contributed by atoms with van der Waals surface area (Å²) >= 11 is 0. The summed E-state index contributed by atoms with van der Waals surface area (Å²) in [5.41, 5.74) is 1.81. The van der Waals surface area contributed by atoms with Gasteiger partial charge in [-0.25, -0.2) is 0 Å². The first kappa shape index (κ1) is 11.3. The number of hydrogen-bond acceptors (Lipinski definition) is 2. The van der Waals surface area contributed by atoms with Gasteiger partial charge in [-0.05, 0) is 12.5 Å². The van der Waals surface area contributed by atoms with Gasteiger partial charge in [0.05, 0.1) is 18.3 Å². The minimum Gasteiger partial charge on any atom is -0.294 e. The zero-order chi connectivity index (χ0) is 12.1. The van der Waals surface area contributed by atoms with Crippen molar-refractivity contribution >= 4 is 11.9 Å². The average molecular weight is 226 g/mol. The molecule has 2 rings (SSSR count). The van der Waals surface area contributed by atoms with Crippen LogP contribution in [0.3, 0.4) is 0 Å². The van der Waals surface area contributed by atoms with Crippen LogP contribution in [0.15, 0.2) is 48.8 Å². The molecule has 86 valence electrons. The number of rotatable bonds is 4. The second kappa shape index (κ2) is 5.25. The molecule has 0 fully saturated rings. The molecular formula is C14H14N2O. The molecule has 0 aliphatic heterocycles. The van der Waals surface area contributed by atoms with E-state index in [1.54, 1.807) is 24.0 Å². The molecule has 0 unspecified atom stereocenters. The first-order valence-corrected chi connectivity index (χ1v) is 5.51. The van der Waals surface area contributed by atoms with Crippen molar-refractivity contribution in [2.45, 2.75) is 13.5 Å². The quantitative estimate of drug-likeness (QED) is 0.751. The molecule has 1 aromatic carbocycles. The number of allylic oxidation sites excluding steroid dienone is 1. The Hall–Kier alpha value is -2.16. The van der Waals surface area contributed by atoms with Crippen molar-refractivity contribution in [3.8, 4) is 0 Å². The third kappa shape index (κ3) is 3.14. The largest absolute Gasteiger partial charge is 0.294 e. The van der Waals surface area contributed by atoms with Crippen molar-refractivity contribution in [1.82, 2.24) is 9.78 Å². The van der Waals surface area contributed by atoms with E-state index in [-0.39, 0.29) is 5.78 Å². The normalized spacial score (nSPS) is 10.9. The molecule has 0 saturated carbocycles. The van der Waals surface area contributed by atoms with Crippen LogP contribution in [0, 0.1) is 0 Å². The Labute approximate surface area is 100 Å². The Kier molecular flexibility index (Phi) is 3.50. The van der Waals surface area contributed by atoms with Crippen molar-refractivity contribution < 1.29 is 4.79 Å². The van der Waals surface area contributed by atoms with Gasteiger partial charge < -0.3 is 0 Å². The third-order valence-electron chi connectivity index (χ3n) is 2.44. The van der Waals surface area contributed by atoms with Crippen LogP contribution in [0.4, 0.5) is 0 Å². The van der Waals surface area contributed by atoms with Crippen LogP contribution in [0.2, 0.25) is 0 Å². The monoisotopic (exact) mass is 226 g/mol. The van der Waals surface area contributed by atoms with E-state index in [0.29, 0.717) is 12.1 Å². The lowest BCUT2D eigenvalue weighted by Crippen LogP contribution is -1.95. The number of carbonyl (C=O) groups is 1. The lowest BCUT2D eigenvalue weighted by atomic mass is 10.2. The maximum atomic E-state index is 11.1. The molecule has 0 amide bonds. The van der Waals surface area contributed by atoms with E-state index in [1.165, 1.54) is 0 Å². The molecule has 1 heterocycles. The van der Waals surface area contributed by atoms with Crippen molar-refractivity contribution in [3.05, 3.63) is 59.9 Å². The molecule has 0 bridgehead atoms. The van der Waals surface area contributed by atoms with E-state index in [2.05, 4.69) is 5.10 Å². The molecule has 0 saturated heterocycles. The standard InChI is InChI=1S/C14H14N2O/c1-12(17)14-10-15-16(11-14)9-5-8-13-6-3-2-4-7-13/h2-8,10-11H,9H2,1H3/b8-5+. The van der Waals surface area contributed by atoms with E-state index < -0.39 is 0 Å². The smallest absolute Gasteiger partial charge is 0.162 e. The lowest BCUT2D eigenvalue weighted by molar-refractivity contribution is 0.101. The van der Waals surface area contributed by atoms with Crippen LogP contribution in [0.1, 0.15) is 22.8 Å². The zero-order valence-corrected chi connectivity index (χ0v) is 9.71. The fraction of sp³-hybridized carbons (Fsp3) is 0.143. The highest BCUT2D eigenvalue weighted by Crippen LogP contribution is 2.02. The van der Waals surface area contributed by atoms with Crippen molar-refractivity contribution in [2.75, 3.05) is 0 Å². The third-order valence-corrected chi connectivity index (χ3v) is 2.44. The summed E-state index contributed by atoms with van der Waals surface area (Å²) in [6.07, 6.45) is 7.41. The number of nitrogens with zero attached hydrogens (tertiary/aromatic N) is 2. The summed E-state index contributed by atoms with van der Waals surface area (Å²) in [5.74, 6) is 0.0447. The van der Waals surface area contributed by atoms with Crippen LogP contribution in [-0.2, 0) is 6.54 Å². The van der Waals surface area contributed by atoms with Crippen LogP contribution in [-0.4, -0.2) is 15.6 Å². The molecular weight excluding hydrogens is 212 g/mol. The summed E-state index contributed by atoms with van der Waals surface area (Å²) in [7, 11) is 0. The van der Waals surface area contributed by atoms with Gasteiger partial charge in [-0.2, -0.15) is 5.10 Å². The SMILES string of the molecule is CC(=O)c1cnn(C/C=C/c2ccccc2)c1. The second-order valence-corrected chi connectivity index (χ2v) is 3.82. The fourth-order valence-electron chi connectivity index (χ4n) is 1.51. The number of benzene rings is 1. The van der Waals surface area contributed by atoms with Crippen molar-refractivity contribution in [3.63, 3.8) is 0 Å². The van der Waals surface area contributed by atoms with E-state index >= 15 is 0 Å². The fourth-order valence-corrected chi connectivity index (χ4v) is 1.51. The Balaban J connectivity index is 1.98. The number of carbonyl (C=O) groups excluding carboxylic acids is 1. The molecule has 3 nitrogen and oxygen atoms in total. The first-order chi connectivity index (χ1) is 8.25. The van der Waals surface area contributed by atoms with E-state index in [4.69, 9.17) is 0 Å². The topological polar surface area (TPSA) is 34.9 Å². The van der Waals surface area contributed by atoms with E-state index in [0.717, 1.165) is 5.56 Å². The first-order valence-electron chi connectivity index (χ1n) is 5.51. The van der Waals surface area contributed by atoms with Gasteiger partial charge in [-0.15, -0.1) is 0 Å². The van der Waals surface area contributed by atoms with Gasteiger partial charge in [0.2, 0.25) is 0 Å². The molecule has 0 N–H and O–H groups in total. The predicted molar refractivity (Wildman–Crippen MR) is 67.7 cm³/mol. The average Bonchev–Trinajstić information content (AvgIpc) is 2.79. The molecule has 0 spiro atoms. The molecule has 3 heteroatoms. The number of ketones is 1. The minimum atomic E-state index is 0.0447.